The fourth-order valence-electron chi connectivity index (χ4n) is 2.52. The van der Waals surface area contributed by atoms with E-state index in [0.29, 0.717) is 16.3 Å². The lowest BCUT2D eigenvalue weighted by Gasteiger charge is -2.15. The highest BCUT2D eigenvalue weighted by Crippen LogP contribution is 2.33. The Kier molecular flexibility index (Phi) is 5.93. The summed E-state index contributed by atoms with van der Waals surface area (Å²) in [5, 5.41) is 3.06. The monoisotopic (exact) mass is 438 g/mol. The molecule has 0 atom stereocenters. The Hall–Kier alpha value is -2.54. The highest BCUT2D eigenvalue weighted by molar-refractivity contribution is 6.53. The van der Waals surface area contributed by atoms with Crippen LogP contribution in [0.3, 0.4) is 0 Å². The van der Waals surface area contributed by atoms with Gasteiger partial charge in [0.1, 0.15) is 10.7 Å². The van der Waals surface area contributed by atoms with Gasteiger partial charge in [0.2, 0.25) is 0 Å². The summed E-state index contributed by atoms with van der Waals surface area (Å²) >= 11 is 17.9. The first-order valence-corrected chi connectivity index (χ1v) is 9.24. The molecule has 0 aromatic heterocycles. The molecular weight excluding hydrogens is 427 g/mol. The smallest absolute Gasteiger partial charge is 0.338 e. The summed E-state index contributed by atoms with van der Waals surface area (Å²) in [6.45, 7) is 1.98. The fourth-order valence-corrected chi connectivity index (χ4v) is 3.02. The van der Waals surface area contributed by atoms with Crippen molar-refractivity contribution in [3.8, 4) is 0 Å². The number of hydrogen-bond donors (Lipinski definition) is 1. The molecule has 6 nitrogen and oxygen atoms in total. The lowest BCUT2D eigenvalue weighted by atomic mass is 10.2. The van der Waals surface area contributed by atoms with Crippen LogP contribution in [0, 0.1) is 0 Å². The van der Waals surface area contributed by atoms with E-state index in [1.54, 1.807) is 19.1 Å². The Balaban J connectivity index is 1.82. The summed E-state index contributed by atoms with van der Waals surface area (Å²) in [5.74, 6) is -1.78. The first-order chi connectivity index (χ1) is 13.3. The van der Waals surface area contributed by atoms with E-state index in [9.17, 15) is 14.4 Å². The van der Waals surface area contributed by atoms with Crippen molar-refractivity contribution in [1.29, 1.82) is 0 Å². The summed E-state index contributed by atoms with van der Waals surface area (Å²) in [7, 11) is 0. The minimum Gasteiger partial charge on any atom is -0.462 e. The van der Waals surface area contributed by atoms with Crippen LogP contribution in [0.15, 0.2) is 53.2 Å². The zero-order valence-corrected chi connectivity index (χ0v) is 16.7. The number of ether oxygens (including phenoxy) is 1. The molecule has 144 valence electrons. The van der Waals surface area contributed by atoms with Crippen LogP contribution < -0.4 is 10.2 Å². The Morgan fingerprint density at radius 3 is 2.29 bits per heavy atom. The highest BCUT2D eigenvalue weighted by Gasteiger charge is 2.39. The van der Waals surface area contributed by atoms with Crippen molar-refractivity contribution < 1.29 is 19.1 Å². The maximum atomic E-state index is 12.7. The van der Waals surface area contributed by atoms with Crippen molar-refractivity contribution in [2.24, 2.45) is 0 Å². The Labute approximate surface area is 175 Å². The Morgan fingerprint density at radius 1 is 1.00 bits per heavy atom. The van der Waals surface area contributed by atoms with Crippen LogP contribution in [0.5, 0.6) is 0 Å². The topological polar surface area (TPSA) is 75.7 Å². The molecule has 0 saturated heterocycles. The third-order valence-electron chi connectivity index (χ3n) is 3.85. The highest BCUT2D eigenvalue weighted by atomic mass is 35.5. The van der Waals surface area contributed by atoms with Crippen LogP contribution in [0.1, 0.15) is 17.3 Å². The average Bonchev–Trinajstić information content (AvgIpc) is 2.88. The van der Waals surface area contributed by atoms with Crippen molar-refractivity contribution in [2.45, 2.75) is 6.92 Å². The maximum absolute atomic E-state index is 12.7. The maximum Gasteiger partial charge on any atom is 0.338 e. The lowest BCUT2D eigenvalue weighted by Crippen LogP contribution is -2.32. The van der Waals surface area contributed by atoms with E-state index in [1.165, 1.54) is 30.3 Å². The molecule has 2 amide bonds. The standard InChI is InChI=1S/C19H13Cl3N2O4/c1-2-28-19(27)10-3-5-11(6-4-10)23-16-15(22)17(25)24(18(16)26)12-7-8-13(20)14(21)9-12/h3-9,23H,2H2,1H3. The number of carbonyl (C=O) groups excluding carboxylic acids is 3. The summed E-state index contributed by atoms with van der Waals surface area (Å²) in [6.07, 6.45) is 0. The molecule has 2 aromatic rings. The number of nitrogens with one attached hydrogen (secondary N) is 1. The average molecular weight is 440 g/mol. The first-order valence-electron chi connectivity index (χ1n) is 8.11. The number of carbonyl (C=O) groups is 3. The molecule has 0 radical (unpaired) electrons. The molecule has 1 aliphatic heterocycles. The van der Waals surface area contributed by atoms with Crippen LogP contribution in [0.25, 0.3) is 0 Å². The molecule has 0 unspecified atom stereocenters. The van der Waals surface area contributed by atoms with Gasteiger partial charge in [0.25, 0.3) is 11.8 Å². The van der Waals surface area contributed by atoms with Crippen molar-refractivity contribution in [2.75, 3.05) is 16.8 Å². The molecule has 28 heavy (non-hydrogen) atoms. The van der Waals surface area contributed by atoms with Crippen LogP contribution >= 0.6 is 34.8 Å². The zero-order chi connectivity index (χ0) is 20.4. The summed E-state index contributed by atoms with van der Waals surface area (Å²) in [6, 6.07) is 10.6. The number of nitrogens with zero attached hydrogens (tertiary/aromatic N) is 1. The normalized spacial score (nSPS) is 13.9. The van der Waals surface area contributed by atoms with Gasteiger partial charge in [0.05, 0.1) is 27.9 Å². The minimum atomic E-state index is -0.685. The van der Waals surface area contributed by atoms with Gasteiger partial charge in [-0.15, -0.1) is 0 Å². The molecule has 1 aliphatic rings. The molecule has 1 N–H and O–H groups in total. The molecule has 0 bridgehead atoms. The van der Waals surface area contributed by atoms with E-state index >= 15 is 0 Å². The third kappa shape index (κ3) is 3.85. The van der Waals surface area contributed by atoms with Crippen LogP contribution in [0.2, 0.25) is 10.0 Å². The van der Waals surface area contributed by atoms with Gasteiger partial charge in [0.15, 0.2) is 0 Å². The predicted molar refractivity (Wildman–Crippen MR) is 108 cm³/mol. The van der Waals surface area contributed by atoms with Gasteiger partial charge in [-0.3, -0.25) is 9.59 Å². The second-order valence-electron chi connectivity index (χ2n) is 5.66. The van der Waals surface area contributed by atoms with Gasteiger partial charge in [0, 0.05) is 5.69 Å². The minimum absolute atomic E-state index is 0.0818. The van der Waals surface area contributed by atoms with Crippen LogP contribution in [0.4, 0.5) is 11.4 Å². The van der Waals surface area contributed by atoms with Gasteiger partial charge >= 0.3 is 5.97 Å². The van der Waals surface area contributed by atoms with Crippen LogP contribution in [-0.4, -0.2) is 24.4 Å². The summed E-state index contributed by atoms with van der Waals surface area (Å²) in [5.41, 5.74) is 0.996. The van der Waals surface area contributed by atoms with Crippen LogP contribution in [-0.2, 0) is 14.3 Å². The van der Waals surface area contributed by atoms with Gasteiger partial charge in [-0.25, -0.2) is 9.69 Å². The quantitative estimate of drug-likeness (QED) is 0.544. The number of hydrogen-bond acceptors (Lipinski definition) is 5. The number of esters is 1. The molecule has 0 spiro atoms. The van der Waals surface area contributed by atoms with Gasteiger partial charge in [-0.05, 0) is 49.4 Å². The molecule has 1 heterocycles. The number of halogens is 3. The second-order valence-corrected chi connectivity index (χ2v) is 6.85. The SMILES string of the molecule is CCOC(=O)c1ccc(NC2=C(Cl)C(=O)N(c3ccc(Cl)c(Cl)c3)C2=O)cc1. The fraction of sp³-hybridized carbons (Fsp3) is 0.105. The third-order valence-corrected chi connectivity index (χ3v) is 4.94. The Morgan fingerprint density at radius 2 is 1.68 bits per heavy atom. The van der Waals surface area contributed by atoms with Crippen molar-refractivity contribution >= 4 is 64.0 Å². The van der Waals surface area contributed by atoms with E-state index < -0.39 is 17.8 Å². The number of rotatable bonds is 5. The number of anilines is 2. The molecule has 9 heteroatoms. The van der Waals surface area contributed by atoms with E-state index in [4.69, 9.17) is 39.5 Å². The number of benzene rings is 2. The molecule has 2 aromatic carbocycles. The van der Waals surface area contributed by atoms with E-state index in [1.807, 2.05) is 0 Å². The Bertz CT molecular complexity index is 1000. The predicted octanol–water partition coefficient (Wildman–Crippen LogP) is 4.61. The number of amides is 2. The molecule has 0 aliphatic carbocycles. The first kappa shape index (κ1) is 20.2. The summed E-state index contributed by atoms with van der Waals surface area (Å²) in [4.78, 5) is 37.8. The molecule has 0 fully saturated rings. The largest absolute Gasteiger partial charge is 0.462 e. The van der Waals surface area contributed by atoms with Crippen molar-refractivity contribution in [3.63, 3.8) is 0 Å². The van der Waals surface area contributed by atoms with Gasteiger partial charge in [-0.2, -0.15) is 0 Å². The molecule has 3 rings (SSSR count). The van der Waals surface area contributed by atoms with E-state index in [-0.39, 0.29) is 28.0 Å². The summed E-state index contributed by atoms with van der Waals surface area (Å²) < 4.78 is 4.92. The van der Waals surface area contributed by atoms with E-state index in [2.05, 4.69) is 5.32 Å². The molecular formula is C19H13Cl3N2O4. The van der Waals surface area contributed by atoms with Gasteiger partial charge in [-0.1, -0.05) is 34.8 Å². The van der Waals surface area contributed by atoms with Gasteiger partial charge < -0.3 is 10.1 Å². The number of imide groups is 1. The van der Waals surface area contributed by atoms with Crippen molar-refractivity contribution in [1.82, 2.24) is 0 Å². The van der Waals surface area contributed by atoms with Crippen molar-refractivity contribution in [3.05, 3.63) is 68.8 Å². The zero-order valence-electron chi connectivity index (χ0n) is 14.5. The lowest BCUT2D eigenvalue weighted by molar-refractivity contribution is -0.120. The second kappa shape index (κ2) is 8.22. The van der Waals surface area contributed by atoms with E-state index in [0.717, 1.165) is 4.90 Å². The molecule has 0 saturated carbocycles.